The zero-order valence-electron chi connectivity index (χ0n) is 8.64. The third kappa shape index (κ3) is 1.65. The van der Waals surface area contributed by atoms with E-state index in [1.165, 1.54) is 13.3 Å². The molecule has 4 nitrogen and oxygen atoms in total. The van der Waals surface area contributed by atoms with Crippen molar-refractivity contribution >= 4 is 23.2 Å². The highest BCUT2D eigenvalue weighted by molar-refractivity contribution is 6.04. The van der Waals surface area contributed by atoms with Crippen molar-refractivity contribution in [2.45, 2.75) is 0 Å². The molecule has 0 saturated heterocycles. The summed E-state index contributed by atoms with van der Waals surface area (Å²) < 4.78 is 4.66. The monoisotopic (exact) mass is 215 g/mol. The fourth-order valence-corrected chi connectivity index (χ4v) is 1.53. The third-order valence-electron chi connectivity index (χ3n) is 2.31. The zero-order chi connectivity index (χ0) is 11.5. The molecule has 1 aromatic heterocycles. The predicted molar refractivity (Wildman–Crippen MR) is 58.5 cm³/mol. The smallest absolute Gasteiger partial charge is 0.338 e. The molecular formula is C12H9NO3. The van der Waals surface area contributed by atoms with Gasteiger partial charge in [0.25, 0.3) is 0 Å². The average molecular weight is 215 g/mol. The molecule has 2 rings (SSSR count). The summed E-state index contributed by atoms with van der Waals surface area (Å²) in [5.74, 6) is -0.411. The lowest BCUT2D eigenvalue weighted by molar-refractivity contribution is 0.0603. The van der Waals surface area contributed by atoms with Crippen LogP contribution in [-0.2, 0) is 4.74 Å². The van der Waals surface area contributed by atoms with Gasteiger partial charge < -0.3 is 4.74 Å². The molecule has 0 unspecified atom stereocenters. The van der Waals surface area contributed by atoms with Crippen molar-refractivity contribution in [3.63, 3.8) is 0 Å². The molecule has 0 radical (unpaired) electrons. The molecule has 0 fully saturated rings. The molecule has 0 aliphatic rings. The van der Waals surface area contributed by atoms with Gasteiger partial charge in [-0.05, 0) is 12.1 Å². The molecule has 1 aromatic carbocycles. The minimum Gasteiger partial charge on any atom is -0.465 e. The number of rotatable bonds is 2. The van der Waals surface area contributed by atoms with Gasteiger partial charge in [-0.15, -0.1) is 0 Å². The molecule has 0 bridgehead atoms. The zero-order valence-corrected chi connectivity index (χ0v) is 8.64. The SMILES string of the molecule is COC(=O)c1ccnc2cc(C=O)ccc12. The van der Waals surface area contributed by atoms with E-state index in [1.807, 2.05) is 0 Å². The summed E-state index contributed by atoms with van der Waals surface area (Å²) in [6, 6.07) is 6.56. The summed E-state index contributed by atoms with van der Waals surface area (Å²) in [6.45, 7) is 0. The standard InChI is InChI=1S/C12H9NO3/c1-16-12(15)10-4-5-13-11-6-8(7-14)2-3-9(10)11/h2-7H,1H3. The summed E-state index contributed by atoms with van der Waals surface area (Å²) in [5, 5.41) is 0.681. The first-order chi connectivity index (χ1) is 7.76. The van der Waals surface area contributed by atoms with Crippen molar-refractivity contribution in [1.29, 1.82) is 0 Å². The highest BCUT2D eigenvalue weighted by Crippen LogP contribution is 2.18. The van der Waals surface area contributed by atoms with Gasteiger partial charge in [-0.2, -0.15) is 0 Å². The van der Waals surface area contributed by atoms with Crippen LogP contribution in [0.15, 0.2) is 30.5 Å². The molecular weight excluding hydrogens is 206 g/mol. The number of pyridine rings is 1. The van der Waals surface area contributed by atoms with Gasteiger partial charge in [0.1, 0.15) is 6.29 Å². The highest BCUT2D eigenvalue weighted by atomic mass is 16.5. The Bertz CT molecular complexity index is 563. The van der Waals surface area contributed by atoms with Crippen LogP contribution in [0.2, 0.25) is 0 Å². The number of benzene rings is 1. The molecule has 16 heavy (non-hydrogen) atoms. The molecule has 0 amide bonds. The summed E-state index contributed by atoms with van der Waals surface area (Å²) >= 11 is 0. The quantitative estimate of drug-likeness (QED) is 0.566. The summed E-state index contributed by atoms with van der Waals surface area (Å²) in [4.78, 5) is 26.2. The van der Waals surface area contributed by atoms with Gasteiger partial charge in [-0.1, -0.05) is 12.1 Å². The lowest BCUT2D eigenvalue weighted by Gasteiger charge is -2.03. The van der Waals surface area contributed by atoms with Crippen molar-refractivity contribution in [2.24, 2.45) is 0 Å². The molecule has 0 spiro atoms. The van der Waals surface area contributed by atoms with Gasteiger partial charge in [0, 0.05) is 17.1 Å². The first-order valence-corrected chi connectivity index (χ1v) is 4.68. The molecule has 0 aliphatic carbocycles. The predicted octanol–water partition coefficient (Wildman–Crippen LogP) is 1.83. The topological polar surface area (TPSA) is 56.3 Å². The number of carbonyl (C=O) groups is 2. The van der Waals surface area contributed by atoms with Gasteiger partial charge in [-0.3, -0.25) is 9.78 Å². The van der Waals surface area contributed by atoms with E-state index in [0.717, 1.165) is 6.29 Å². The maximum Gasteiger partial charge on any atom is 0.338 e. The molecule has 2 aromatic rings. The number of fused-ring (bicyclic) bond motifs is 1. The third-order valence-corrected chi connectivity index (χ3v) is 2.31. The summed E-state index contributed by atoms with van der Waals surface area (Å²) in [5.41, 5.74) is 1.58. The average Bonchev–Trinajstić information content (AvgIpc) is 2.36. The van der Waals surface area contributed by atoms with Crippen LogP contribution in [0.3, 0.4) is 0 Å². The number of hydrogen-bond donors (Lipinski definition) is 0. The van der Waals surface area contributed by atoms with Crippen LogP contribution in [0.1, 0.15) is 20.7 Å². The lowest BCUT2D eigenvalue weighted by Crippen LogP contribution is -2.02. The highest BCUT2D eigenvalue weighted by Gasteiger charge is 2.10. The fraction of sp³-hybridized carbons (Fsp3) is 0.0833. The van der Waals surface area contributed by atoms with Crippen LogP contribution in [0.5, 0.6) is 0 Å². The molecule has 80 valence electrons. The molecule has 0 N–H and O–H groups in total. The van der Waals surface area contributed by atoms with Crippen LogP contribution < -0.4 is 0 Å². The number of esters is 1. The van der Waals surface area contributed by atoms with Crippen molar-refractivity contribution in [2.75, 3.05) is 7.11 Å². The van der Waals surface area contributed by atoms with Gasteiger partial charge in [0.15, 0.2) is 0 Å². The number of ether oxygens (including phenoxy) is 1. The van der Waals surface area contributed by atoms with Gasteiger partial charge >= 0.3 is 5.97 Å². The maximum atomic E-state index is 11.5. The van der Waals surface area contributed by atoms with Gasteiger partial charge in [0.05, 0.1) is 18.2 Å². The molecule has 1 heterocycles. The molecule has 0 atom stereocenters. The Balaban J connectivity index is 2.69. The van der Waals surface area contributed by atoms with E-state index >= 15 is 0 Å². The Morgan fingerprint density at radius 2 is 2.19 bits per heavy atom. The van der Waals surface area contributed by atoms with E-state index in [4.69, 9.17) is 0 Å². The first kappa shape index (κ1) is 10.3. The number of carbonyl (C=O) groups excluding carboxylic acids is 2. The van der Waals surface area contributed by atoms with Crippen molar-refractivity contribution < 1.29 is 14.3 Å². The lowest BCUT2D eigenvalue weighted by atomic mass is 10.1. The second-order valence-electron chi connectivity index (χ2n) is 3.24. The minimum atomic E-state index is -0.411. The van der Waals surface area contributed by atoms with Crippen molar-refractivity contribution in [3.05, 3.63) is 41.6 Å². The Morgan fingerprint density at radius 3 is 2.88 bits per heavy atom. The van der Waals surface area contributed by atoms with E-state index in [2.05, 4.69) is 9.72 Å². The van der Waals surface area contributed by atoms with E-state index in [-0.39, 0.29) is 0 Å². The van der Waals surface area contributed by atoms with Crippen LogP contribution in [0.25, 0.3) is 10.9 Å². The number of hydrogen-bond acceptors (Lipinski definition) is 4. The summed E-state index contributed by atoms with van der Waals surface area (Å²) in [7, 11) is 1.33. The Morgan fingerprint density at radius 1 is 1.38 bits per heavy atom. The van der Waals surface area contributed by atoms with Crippen LogP contribution in [0, 0.1) is 0 Å². The number of nitrogens with zero attached hydrogens (tertiary/aromatic N) is 1. The summed E-state index contributed by atoms with van der Waals surface area (Å²) in [6.07, 6.45) is 2.26. The van der Waals surface area contributed by atoms with Crippen LogP contribution in [-0.4, -0.2) is 24.3 Å². The Labute approximate surface area is 91.9 Å². The molecule has 0 aliphatic heterocycles. The van der Waals surface area contributed by atoms with E-state index in [0.29, 0.717) is 22.0 Å². The van der Waals surface area contributed by atoms with Crippen molar-refractivity contribution in [3.8, 4) is 0 Å². The van der Waals surface area contributed by atoms with Gasteiger partial charge in [0.2, 0.25) is 0 Å². The normalized spacial score (nSPS) is 10.1. The van der Waals surface area contributed by atoms with Crippen LogP contribution >= 0.6 is 0 Å². The van der Waals surface area contributed by atoms with E-state index in [1.54, 1.807) is 24.3 Å². The van der Waals surface area contributed by atoms with Gasteiger partial charge in [-0.25, -0.2) is 4.79 Å². The molecule has 0 saturated carbocycles. The Hall–Kier alpha value is -2.23. The number of methoxy groups -OCH3 is 1. The fourth-order valence-electron chi connectivity index (χ4n) is 1.53. The number of aromatic nitrogens is 1. The second kappa shape index (κ2) is 4.10. The minimum absolute atomic E-state index is 0.411. The van der Waals surface area contributed by atoms with E-state index in [9.17, 15) is 9.59 Å². The largest absolute Gasteiger partial charge is 0.465 e. The molecule has 4 heteroatoms. The first-order valence-electron chi connectivity index (χ1n) is 4.68. The second-order valence-corrected chi connectivity index (χ2v) is 3.24. The van der Waals surface area contributed by atoms with Crippen LogP contribution in [0.4, 0.5) is 0 Å². The van der Waals surface area contributed by atoms with E-state index < -0.39 is 5.97 Å². The van der Waals surface area contributed by atoms with Crippen molar-refractivity contribution in [1.82, 2.24) is 4.98 Å². The maximum absolute atomic E-state index is 11.5. The Kier molecular flexibility index (Phi) is 2.64. The number of aldehydes is 1.